The SMILES string of the molecule is O=C(N/N=C\c1cccc2ccccc12)c1ccc(C[NH+]2CCN(c3ccccc3)CC2)cc1. The molecule has 2 N–H and O–H groups in total. The van der Waals surface area contributed by atoms with E-state index in [2.05, 4.69) is 76.1 Å². The maximum atomic E-state index is 12.5. The maximum Gasteiger partial charge on any atom is 0.271 e. The number of nitrogens with one attached hydrogen (secondary N) is 2. The van der Waals surface area contributed by atoms with Crippen LogP contribution in [-0.4, -0.2) is 38.3 Å². The number of nitrogens with zero attached hydrogens (tertiary/aromatic N) is 2. The largest absolute Gasteiger partial charge is 0.360 e. The Bertz CT molecular complexity index is 1270. The Kier molecular flexibility index (Phi) is 6.64. The van der Waals surface area contributed by atoms with Gasteiger partial charge < -0.3 is 9.80 Å². The first kappa shape index (κ1) is 21.9. The summed E-state index contributed by atoms with van der Waals surface area (Å²) in [6.07, 6.45) is 1.70. The first-order chi connectivity index (χ1) is 16.8. The second-order valence-corrected chi connectivity index (χ2v) is 8.71. The zero-order valence-corrected chi connectivity index (χ0v) is 19.2. The van der Waals surface area contributed by atoms with Crippen LogP contribution >= 0.6 is 0 Å². The number of hydrogen-bond acceptors (Lipinski definition) is 3. The van der Waals surface area contributed by atoms with Gasteiger partial charge in [0.15, 0.2) is 0 Å². The Labute approximate surface area is 200 Å². The van der Waals surface area contributed by atoms with Crippen molar-refractivity contribution in [1.82, 2.24) is 5.43 Å². The van der Waals surface area contributed by atoms with Gasteiger partial charge in [-0.25, -0.2) is 5.43 Å². The first-order valence-corrected chi connectivity index (χ1v) is 11.8. The zero-order chi connectivity index (χ0) is 23.2. The third-order valence-electron chi connectivity index (χ3n) is 6.46. The molecule has 1 aliphatic heterocycles. The minimum atomic E-state index is -0.202. The number of carbonyl (C=O) groups excluding carboxylic acids is 1. The number of benzene rings is 4. The molecule has 0 aromatic heterocycles. The Hall–Kier alpha value is -3.96. The van der Waals surface area contributed by atoms with E-state index in [4.69, 9.17) is 0 Å². The van der Waals surface area contributed by atoms with Crippen molar-refractivity contribution in [2.45, 2.75) is 6.54 Å². The minimum Gasteiger partial charge on any atom is -0.360 e. The Morgan fingerprint density at radius 2 is 1.56 bits per heavy atom. The van der Waals surface area contributed by atoms with E-state index in [-0.39, 0.29) is 5.91 Å². The average molecular weight is 450 g/mol. The molecule has 0 unspecified atom stereocenters. The molecule has 1 saturated heterocycles. The summed E-state index contributed by atoms with van der Waals surface area (Å²) in [5.74, 6) is -0.202. The molecule has 1 aliphatic rings. The monoisotopic (exact) mass is 449 g/mol. The van der Waals surface area contributed by atoms with Crippen LogP contribution in [0.25, 0.3) is 10.8 Å². The number of rotatable bonds is 6. The van der Waals surface area contributed by atoms with Crippen molar-refractivity contribution in [3.63, 3.8) is 0 Å². The van der Waals surface area contributed by atoms with E-state index in [1.807, 2.05) is 36.4 Å². The molecular formula is C29H29N4O+. The fourth-order valence-corrected chi connectivity index (χ4v) is 4.55. The summed E-state index contributed by atoms with van der Waals surface area (Å²) < 4.78 is 0. The highest BCUT2D eigenvalue weighted by molar-refractivity contribution is 6.00. The normalized spacial score (nSPS) is 14.5. The highest BCUT2D eigenvalue weighted by atomic mass is 16.2. The molecule has 5 rings (SSSR count). The van der Waals surface area contributed by atoms with Crippen molar-refractivity contribution in [2.24, 2.45) is 5.10 Å². The highest BCUT2D eigenvalue weighted by Crippen LogP contribution is 2.17. The number of quaternary nitrogens is 1. The third-order valence-corrected chi connectivity index (χ3v) is 6.46. The fourth-order valence-electron chi connectivity index (χ4n) is 4.55. The Morgan fingerprint density at radius 3 is 2.35 bits per heavy atom. The minimum absolute atomic E-state index is 0.202. The van der Waals surface area contributed by atoms with Crippen molar-refractivity contribution < 1.29 is 9.69 Å². The average Bonchev–Trinajstić information content (AvgIpc) is 2.90. The van der Waals surface area contributed by atoms with Crippen LogP contribution in [0.15, 0.2) is 102 Å². The van der Waals surface area contributed by atoms with Crippen LogP contribution in [0, 0.1) is 0 Å². The lowest BCUT2D eigenvalue weighted by Crippen LogP contribution is -3.13. The fraction of sp³-hybridized carbons (Fsp3) is 0.172. The molecule has 4 aromatic carbocycles. The van der Waals surface area contributed by atoms with Crippen LogP contribution in [0.4, 0.5) is 5.69 Å². The molecule has 1 heterocycles. The molecule has 0 atom stereocenters. The molecule has 0 saturated carbocycles. The number of fused-ring (bicyclic) bond motifs is 1. The molecule has 0 bridgehead atoms. The van der Waals surface area contributed by atoms with E-state index < -0.39 is 0 Å². The van der Waals surface area contributed by atoms with E-state index in [0.717, 1.165) is 49.1 Å². The number of carbonyl (C=O) groups is 1. The summed E-state index contributed by atoms with van der Waals surface area (Å²) in [7, 11) is 0. The van der Waals surface area contributed by atoms with Crippen molar-refractivity contribution in [2.75, 3.05) is 31.1 Å². The number of hydrogen-bond donors (Lipinski definition) is 2. The van der Waals surface area contributed by atoms with Gasteiger partial charge in [-0.2, -0.15) is 5.10 Å². The second-order valence-electron chi connectivity index (χ2n) is 8.71. The lowest BCUT2D eigenvalue weighted by molar-refractivity contribution is -0.914. The van der Waals surface area contributed by atoms with Crippen LogP contribution < -0.4 is 15.2 Å². The quantitative estimate of drug-likeness (QED) is 0.350. The van der Waals surface area contributed by atoms with Gasteiger partial charge in [0.1, 0.15) is 6.54 Å². The lowest BCUT2D eigenvalue weighted by Gasteiger charge is -2.33. The summed E-state index contributed by atoms with van der Waals surface area (Å²) >= 11 is 0. The van der Waals surface area contributed by atoms with Crippen molar-refractivity contribution in [3.8, 4) is 0 Å². The first-order valence-electron chi connectivity index (χ1n) is 11.8. The summed E-state index contributed by atoms with van der Waals surface area (Å²) in [4.78, 5) is 16.6. The summed E-state index contributed by atoms with van der Waals surface area (Å²) in [6, 6.07) is 32.7. The van der Waals surface area contributed by atoms with E-state index in [9.17, 15) is 4.79 Å². The van der Waals surface area contributed by atoms with Gasteiger partial charge >= 0.3 is 0 Å². The number of anilines is 1. The van der Waals surface area contributed by atoms with E-state index in [1.165, 1.54) is 11.3 Å². The van der Waals surface area contributed by atoms with Gasteiger partial charge in [0.25, 0.3) is 5.91 Å². The second kappa shape index (κ2) is 10.3. The van der Waals surface area contributed by atoms with Gasteiger partial charge in [-0.3, -0.25) is 4.79 Å². The van der Waals surface area contributed by atoms with Gasteiger partial charge in [-0.05, 0) is 35.0 Å². The lowest BCUT2D eigenvalue weighted by atomic mass is 10.1. The summed E-state index contributed by atoms with van der Waals surface area (Å²) in [5, 5.41) is 6.44. The van der Waals surface area contributed by atoms with Gasteiger partial charge in [0.05, 0.1) is 32.4 Å². The molecule has 0 aliphatic carbocycles. The number of piperazine rings is 1. The molecular weight excluding hydrogens is 420 g/mol. The van der Waals surface area contributed by atoms with Gasteiger partial charge in [0, 0.05) is 22.4 Å². The predicted octanol–water partition coefficient (Wildman–Crippen LogP) is 3.51. The smallest absolute Gasteiger partial charge is 0.271 e. The van der Waals surface area contributed by atoms with Crippen LogP contribution in [-0.2, 0) is 6.54 Å². The van der Waals surface area contributed by atoms with Crippen LogP contribution in [0.1, 0.15) is 21.5 Å². The predicted molar refractivity (Wildman–Crippen MR) is 139 cm³/mol. The summed E-state index contributed by atoms with van der Waals surface area (Å²) in [6.45, 7) is 5.33. The molecule has 1 amide bonds. The van der Waals surface area contributed by atoms with E-state index >= 15 is 0 Å². The molecule has 5 nitrogen and oxygen atoms in total. The standard InChI is InChI=1S/C29H28N4O/c34-29(31-30-21-26-9-6-8-24-7-4-5-12-28(24)26)25-15-13-23(14-16-25)22-32-17-19-33(20-18-32)27-10-2-1-3-11-27/h1-16,21H,17-20,22H2,(H,31,34)/p+1/b30-21-. The van der Waals surface area contributed by atoms with Gasteiger partial charge in [-0.15, -0.1) is 0 Å². The third kappa shape index (κ3) is 5.16. The number of hydrazone groups is 1. The van der Waals surface area contributed by atoms with Crippen LogP contribution in [0.2, 0.25) is 0 Å². The van der Waals surface area contributed by atoms with E-state index in [1.54, 1.807) is 11.1 Å². The van der Waals surface area contributed by atoms with Crippen molar-refractivity contribution >= 4 is 28.6 Å². The zero-order valence-electron chi connectivity index (χ0n) is 19.2. The van der Waals surface area contributed by atoms with Crippen molar-refractivity contribution in [1.29, 1.82) is 0 Å². The van der Waals surface area contributed by atoms with Crippen LogP contribution in [0.5, 0.6) is 0 Å². The molecule has 34 heavy (non-hydrogen) atoms. The highest BCUT2D eigenvalue weighted by Gasteiger charge is 2.20. The topological polar surface area (TPSA) is 49.1 Å². The molecule has 0 spiro atoms. The van der Waals surface area contributed by atoms with Crippen molar-refractivity contribution in [3.05, 3.63) is 114 Å². The summed E-state index contributed by atoms with van der Waals surface area (Å²) in [5.41, 5.74) is 6.80. The maximum absolute atomic E-state index is 12.5. The van der Waals surface area contributed by atoms with E-state index in [0.29, 0.717) is 5.56 Å². The Balaban J connectivity index is 1.14. The molecule has 1 fully saturated rings. The Morgan fingerprint density at radius 1 is 0.853 bits per heavy atom. The van der Waals surface area contributed by atoms with Gasteiger partial charge in [-0.1, -0.05) is 72.8 Å². The number of para-hydroxylation sites is 1. The molecule has 170 valence electrons. The number of amides is 1. The van der Waals surface area contributed by atoms with Gasteiger partial charge in [0.2, 0.25) is 0 Å². The van der Waals surface area contributed by atoms with Crippen LogP contribution in [0.3, 0.4) is 0 Å². The molecule has 5 heteroatoms. The molecule has 0 radical (unpaired) electrons. The molecule has 4 aromatic rings.